The van der Waals surface area contributed by atoms with Gasteiger partial charge in [-0.25, -0.2) is 0 Å². The number of carbonyl (C=O) groups is 2. The van der Waals surface area contributed by atoms with Gasteiger partial charge in [-0.1, -0.05) is 30.3 Å². The smallest absolute Gasteiger partial charge is 0.249 e. The van der Waals surface area contributed by atoms with Crippen LogP contribution in [0.5, 0.6) is 0 Å². The van der Waals surface area contributed by atoms with E-state index in [9.17, 15) is 9.59 Å². The Kier molecular flexibility index (Phi) is 5.12. The summed E-state index contributed by atoms with van der Waals surface area (Å²) in [6.07, 6.45) is 1.49. The number of methoxy groups -OCH3 is 1. The number of fused-ring (bicyclic) bond motifs is 1. The predicted molar refractivity (Wildman–Crippen MR) is 109 cm³/mol. The third-order valence-electron chi connectivity index (χ3n) is 5.11. The topological polar surface area (TPSA) is 74.4 Å². The Bertz CT molecular complexity index is 978. The molecule has 28 heavy (non-hydrogen) atoms. The highest BCUT2D eigenvalue weighted by Gasteiger charge is 2.33. The average molecular weight is 377 g/mol. The molecule has 6 nitrogen and oxygen atoms in total. The van der Waals surface area contributed by atoms with Gasteiger partial charge in [-0.3, -0.25) is 9.59 Å². The molecule has 2 heterocycles. The van der Waals surface area contributed by atoms with Crippen LogP contribution in [0.3, 0.4) is 0 Å². The summed E-state index contributed by atoms with van der Waals surface area (Å²) in [6, 6.07) is 17.5. The summed E-state index contributed by atoms with van der Waals surface area (Å²) in [6.45, 7) is 0.592. The minimum atomic E-state index is -0.445. The van der Waals surface area contributed by atoms with E-state index in [0.29, 0.717) is 18.7 Å². The Balaban J connectivity index is 1.51. The monoisotopic (exact) mass is 377 g/mol. The molecule has 1 atom stereocenters. The third kappa shape index (κ3) is 3.64. The van der Waals surface area contributed by atoms with Gasteiger partial charge < -0.3 is 19.9 Å². The van der Waals surface area contributed by atoms with E-state index in [1.54, 1.807) is 4.90 Å². The van der Waals surface area contributed by atoms with Crippen LogP contribution in [0.25, 0.3) is 22.2 Å². The number of H-pyrrole nitrogens is 1. The van der Waals surface area contributed by atoms with Crippen LogP contribution < -0.4 is 5.32 Å². The summed E-state index contributed by atoms with van der Waals surface area (Å²) in [4.78, 5) is 29.9. The van der Waals surface area contributed by atoms with Gasteiger partial charge in [0.15, 0.2) is 0 Å². The van der Waals surface area contributed by atoms with Gasteiger partial charge in [-0.2, -0.15) is 0 Å². The molecule has 2 amide bonds. The number of aromatic amines is 1. The number of benzene rings is 2. The lowest BCUT2D eigenvalue weighted by Crippen LogP contribution is -2.44. The van der Waals surface area contributed by atoms with Crippen molar-refractivity contribution in [3.63, 3.8) is 0 Å². The number of rotatable bonds is 5. The summed E-state index contributed by atoms with van der Waals surface area (Å²) < 4.78 is 4.93. The number of ether oxygens (including phenoxy) is 1. The van der Waals surface area contributed by atoms with E-state index >= 15 is 0 Å². The minimum Gasteiger partial charge on any atom is -0.375 e. The number of nitrogens with one attached hydrogen (secondary N) is 2. The van der Waals surface area contributed by atoms with Crippen molar-refractivity contribution < 1.29 is 14.3 Å². The van der Waals surface area contributed by atoms with Crippen LogP contribution in [-0.2, 0) is 14.3 Å². The molecule has 1 fully saturated rings. The fourth-order valence-corrected chi connectivity index (χ4v) is 3.76. The van der Waals surface area contributed by atoms with Crippen LogP contribution in [0.1, 0.15) is 12.8 Å². The fourth-order valence-electron chi connectivity index (χ4n) is 3.76. The lowest BCUT2D eigenvalue weighted by molar-refractivity contribution is -0.139. The van der Waals surface area contributed by atoms with Crippen LogP contribution in [-0.4, -0.2) is 48.0 Å². The maximum Gasteiger partial charge on any atom is 0.249 e. The van der Waals surface area contributed by atoms with E-state index in [-0.39, 0.29) is 18.4 Å². The summed E-state index contributed by atoms with van der Waals surface area (Å²) in [5.74, 6) is -0.303. The molecular weight excluding hydrogens is 354 g/mol. The van der Waals surface area contributed by atoms with Crippen molar-refractivity contribution in [2.75, 3.05) is 25.6 Å². The number of aromatic nitrogens is 1. The second-order valence-electron chi connectivity index (χ2n) is 7.02. The normalized spacial score (nSPS) is 16.5. The Labute approximate surface area is 163 Å². The third-order valence-corrected chi connectivity index (χ3v) is 5.11. The largest absolute Gasteiger partial charge is 0.375 e. The van der Waals surface area contributed by atoms with Gasteiger partial charge in [-0.05, 0) is 37.1 Å². The number of para-hydroxylation sites is 1. The maximum absolute atomic E-state index is 12.8. The highest BCUT2D eigenvalue weighted by molar-refractivity contribution is 5.98. The van der Waals surface area contributed by atoms with Crippen LogP contribution in [0.2, 0.25) is 0 Å². The number of hydrogen-bond acceptors (Lipinski definition) is 3. The second kappa shape index (κ2) is 7.86. The standard InChI is InChI=1S/C22H23N3O3/c1-28-14-21(26)25-11-5-10-20(25)22(27)23-17-8-4-7-15(12-17)19-13-16-6-2-3-9-18(16)24-19/h2-4,6-9,12-13,20,24H,5,10-11,14H2,1H3,(H,23,27)/t20-/m1/s1. The van der Waals surface area contributed by atoms with Crippen molar-refractivity contribution in [2.24, 2.45) is 0 Å². The molecule has 1 aliphatic heterocycles. The number of amides is 2. The molecule has 0 bridgehead atoms. The number of hydrogen-bond donors (Lipinski definition) is 2. The molecule has 4 rings (SSSR count). The van der Waals surface area contributed by atoms with Gasteiger partial charge in [-0.15, -0.1) is 0 Å². The Morgan fingerprint density at radius 1 is 1.18 bits per heavy atom. The van der Waals surface area contributed by atoms with Crippen LogP contribution in [0.4, 0.5) is 5.69 Å². The lowest BCUT2D eigenvalue weighted by Gasteiger charge is -2.23. The molecule has 3 aromatic rings. The summed E-state index contributed by atoms with van der Waals surface area (Å²) >= 11 is 0. The molecule has 1 saturated heterocycles. The van der Waals surface area contributed by atoms with Gasteiger partial charge in [0.25, 0.3) is 0 Å². The molecule has 0 unspecified atom stereocenters. The van der Waals surface area contributed by atoms with Gasteiger partial charge in [0.1, 0.15) is 12.6 Å². The average Bonchev–Trinajstić information content (AvgIpc) is 3.35. The zero-order valence-corrected chi connectivity index (χ0v) is 15.8. The first-order valence-electron chi connectivity index (χ1n) is 9.43. The second-order valence-corrected chi connectivity index (χ2v) is 7.02. The molecule has 2 N–H and O–H groups in total. The van der Waals surface area contributed by atoms with Gasteiger partial charge in [0.2, 0.25) is 11.8 Å². The maximum atomic E-state index is 12.8. The predicted octanol–water partition coefficient (Wildman–Crippen LogP) is 3.41. The molecule has 144 valence electrons. The number of anilines is 1. The molecule has 0 radical (unpaired) electrons. The van der Waals surface area contributed by atoms with E-state index in [1.807, 2.05) is 42.5 Å². The fraction of sp³-hybridized carbons (Fsp3) is 0.273. The van der Waals surface area contributed by atoms with E-state index < -0.39 is 6.04 Å². The van der Waals surface area contributed by atoms with E-state index in [2.05, 4.69) is 22.4 Å². The van der Waals surface area contributed by atoms with Crippen LogP contribution >= 0.6 is 0 Å². The molecule has 0 spiro atoms. The molecule has 2 aromatic carbocycles. The first-order valence-corrected chi connectivity index (χ1v) is 9.43. The Morgan fingerprint density at radius 2 is 2.04 bits per heavy atom. The Morgan fingerprint density at radius 3 is 2.86 bits per heavy atom. The van der Waals surface area contributed by atoms with E-state index in [1.165, 1.54) is 7.11 Å². The molecule has 0 saturated carbocycles. The minimum absolute atomic E-state index is 0.000349. The zero-order valence-electron chi connectivity index (χ0n) is 15.8. The Hall–Kier alpha value is -3.12. The van der Waals surface area contributed by atoms with E-state index in [0.717, 1.165) is 28.6 Å². The first-order chi connectivity index (χ1) is 13.7. The highest BCUT2D eigenvalue weighted by atomic mass is 16.5. The SMILES string of the molecule is COCC(=O)N1CCC[C@@H]1C(=O)Nc1cccc(-c2cc3ccccc3[nH]2)c1. The highest BCUT2D eigenvalue weighted by Crippen LogP contribution is 2.27. The zero-order chi connectivity index (χ0) is 19.5. The molecule has 0 aliphatic carbocycles. The van der Waals surface area contributed by atoms with Crippen molar-refractivity contribution in [1.29, 1.82) is 0 Å². The molecule has 1 aliphatic rings. The van der Waals surface area contributed by atoms with Crippen molar-refractivity contribution in [1.82, 2.24) is 9.88 Å². The van der Waals surface area contributed by atoms with Crippen molar-refractivity contribution in [2.45, 2.75) is 18.9 Å². The molecule has 6 heteroatoms. The first kappa shape index (κ1) is 18.3. The van der Waals surface area contributed by atoms with Crippen molar-refractivity contribution in [3.8, 4) is 11.3 Å². The number of nitrogens with zero attached hydrogens (tertiary/aromatic N) is 1. The summed E-state index contributed by atoms with van der Waals surface area (Å²) in [5.41, 5.74) is 3.78. The van der Waals surface area contributed by atoms with Crippen molar-refractivity contribution in [3.05, 3.63) is 54.6 Å². The lowest BCUT2D eigenvalue weighted by atomic mass is 10.1. The summed E-state index contributed by atoms with van der Waals surface area (Å²) in [5, 5.41) is 4.11. The van der Waals surface area contributed by atoms with Gasteiger partial charge in [0.05, 0.1) is 0 Å². The number of likely N-dealkylation sites (tertiary alicyclic amines) is 1. The molecular formula is C22H23N3O3. The summed E-state index contributed by atoms with van der Waals surface area (Å²) in [7, 11) is 1.48. The quantitative estimate of drug-likeness (QED) is 0.716. The van der Waals surface area contributed by atoms with E-state index in [4.69, 9.17) is 4.74 Å². The van der Waals surface area contributed by atoms with Gasteiger partial charge in [0, 0.05) is 41.5 Å². The van der Waals surface area contributed by atoms with Crippen LogP contribution in [0, 0.1) is 0 Å². The number of carbonyl (C=O) groups excluding carboxylic acids is 2. The van der Waals surface area contributed by atoms with Crippen molar-refractivity contribution >= 4 is 28.4 Å². The van der Waals surface area contributed by atoms with Crippen LogP contribution in [0.15, 0.2) is 54.6 Å². The van der Waals surface area contributed by atoms with Gasteiger partial charge >= 0.3 is 0 Å². The molecule has 1 aromatic heterocycles.